The summed E-state index contributed by atoms with van der Waals surface area (Å²) in [5.74, 6) is -0.803. The molecule has 0 saturated heterocycles. The second-order valence-corrected chi connectivity index (χ2v) is 6.44. The van der Waals surface area contributed by atoms with E-state index in [-0.39, 0.29) is 28.0 Å². The van der Waals surface area contributed by atoms with E-state index in [0.717, 1.165) is 11.3 Å². The molecular formula is C16H7ClO6S. The van der Waals surface area contributed by atoms with Crippen LogP contribution in [0.3, 0.4) is 0 Å². The molecule has 6 nitrogen and oxygen atoms in total. The number of phenolic OH excluding ortho intramolecular Hbond substituents is 1. The van der Waals surface area contributed by atoms with Crippen LogP contribution >= 0.6 is 22.9 Å². The molecule has 2 N–H and O–H groups in total. The van der Waals surface area contributed by atoms with Crippen LogP contribution in [-0.2, 0) is 0 Å². The van der Waals surface area contributed by atoms with E-state index < -0.39 is 16.3 Å². The molecule has 2 heterocycles. The molecule has 0 atom stereocenters. The van der Waals surface area contributed by atoms with Gasteiger partial charge in [-0.1, -0.05) is 22.9 Å². The Morgan fingerprint density at radius 2 is 1.83 bits per heavy atom. The number of rotatable bonds is 1. The summed E-state index contributed by atoms with van der Waals surface area (Å²) in [6, 6.07) is 7.20. The van der Waals surface area contributed by atoms with Crippen molar-refractivity contribution < 1.29 is 19.0 Å². The van der Waals surface area contributed by atoms with Crippen LogP contribution in [0, 0.1) is 0 Å². The molecule has 0 bridgehead atoms. The molecule has 0 aliphatic rings. The van der Waals surface area contributed by atoms with Gasteiger partial charge in [-0.25, -0.2) is 9.59 Å². The first-order chi connectivity index (χ1) is 11.4. The summed E-state index contributed by atoms with van der Waals surface area (Å²) < 4.78 is 10.6. The van der Waals surface area contributed by atoms with Gasteiger partial charge in [0, 0.05) is 27.6 Å². The van der Waals surface area contributed by atoms with Crippen molar-refractivity contribution in [3.63, 3.8) is 0 Å². The Hall–Kier alpha value is -2.77. The number of hydrogen-bond donors (Lipinski definition) is 2. The molecule has 24 heavy (non-hydrogen) atoms. The molecule has 0 spiro atoms. The van der Waals surface area contributed by atoms with E-state index in [9.17, 15) is 19.8 Å². The topological polar surface area (TPSA) is 101 Å². The van der Waals surface area contributed by atoms with E-state index in [1.165, 1.54) is 30.3 Å². The lowest BCUT2D eigenvalue weighted by Crippen LogP contribution is -2.01. The third kappa shape index (κ3) is 2.17. The first kappa shape index (κ1) is 14.8. The summed E-state index contributed by atoms with van der Waals surface area (Å²) in [6.07, 6.45) is 0. The van der Waals surface area contributed by atoms with Gasteiger partial charge in [-0.2, -0.15) is 0 Å². The Bertz CT molecular complexity index is 1230. The molecule has 2 aromatic carbocycles. The van der Waals surface area contributed by atoms with E-state index in [0.29, 0.717) is 15.1 Å². The highest BCUT2D eigenvalue weighted by Crippen LogP contribution is 2.41. The highest BCUT2D eigenvalue weighted by molar-refractivity contribution is 7.16. The minimum Gasteiger partial charge on any atom is -0.508 e. The maximum atomic E-state index is 11.9. The fourth-order valence-electron chi connectivity index (χ4n) is 2.59. The van der Waals surface area contributed by atoms with E-state index in [1.54, 1.807) is 0 Å². The van der Waals surface area contributed by atoms with E-state index in [1.807, 2.05) is 0 Å². The van der Waals surface area contributed by atoms with Crippen molar-refractivity contribution >= 4 is 44.2 Å². The van der Waals surface area contributed by atoms with Crippen LogP contribution < -0.4 is 10.6 Å². The van der Waals surface area contributed by atoms with Crippen LogP contribution in [0.2, 0.25) is 5.02 Å². The van der Waals surface area contributed by atoms with Gasteiger partial charge in [-0.15, -0.1) is 0 Å². The lowest BCUT2D eigenvalue weighted by molar-refractivity contribution is 0.430. The zero-order chi connectivity index (χ0) is 17.0. The number of hydrogen-bond acceptors (Lipinski definition) is 7. The van der Waals surface area contributed by atoms with Crippen LogP contribution in [0.25, 0.3) is 32.4 Å². The predicted octanol–water partition coefficient (Wildman–Crippen LogP) is 3.69. The summed E-state index contributed by atoms with van der Waals surface area (Å²) in [5.41, 5.74) is -0.322. The zero-order valence-corrected chi connectivity index (χ0v) is 13.3. The van der Waals surface area contributed by atoms with Gasteiger partial charge < -0.3 is 19.0 Å². The molecule has 0 radical (unpaired) electrons. The standard InChI is InChI=1S/C16H7ClO6S/c17-6-1-2-10-8(3-6)12(13(19)15(20)22-10)9-4-7(18)5-11-14(9)23-16(21)24-11/h1-5,18-19H. The van der Waals surface area contributed by atoms with Gasteiger partial charge in [0.1, 0.15) is 11.3 Å². The molecule has 0 aliphatic carbocycles. The van der Waals surface area contributed by atoms with Gasteiger partial charge in [0.05, 0.1) is 4.70 Å². The minimum atomic E-state index is -0.950. The average molecular weight is 363 g/mol. The average Bonchev–Trinajstić information content (AvgIpc) is 2.89. The van der Waals surface area contributed by atoms with Gasteiger partial charge in [-0.3, -0.25) is 0 Å². The van der Waals surface area contributed by atoms with Crippen LogP contribution in [0.1, 0.15) is 0 Å². The van der Waals surface area contributed by atoms with Crippen molar-refractivity contribution in [2.45, 2.75) is 0 Å². The minimum absolute atomic E-state index is 0.0752. The second kappa shape index (κ2) is 5.12. The quantitative estimate of drug-likeness (QED) is 0.501. The zero-order valence-electron chi connectivity index (χ0n) is 11.7. The van der Waals surface area contributed by atoms with E-state index in [4.69, 9.17) is 20.4 Å². The molecule has 120 valence electrons. The monoisotopic (exact) mass is 362 g/mol. The van der Waals surface area contributed by atoms with Crippen LogP contribution in [0.4, 0.5) is 0 Å². The third-order valence-electron chi connectivity index (χ3n) is 3.53. The Morgan fingerprint density at radius 3 is 2.62 bits per heavy atom. The second-order valence-electron chi connectivity index (χ2n) is 5.03. The first-order valence-electron chi connectivity index (χ1n) is 6.66. The number of phenols is 1. The Morgan fingerprint density at radius 1 is 1.04 bits per heavy atom. The SMILES string of the molecule is O=c1oc2c(-c3c(O)c(=O)oc4ccc(Cl)cc34)cc(O)cc2s1. The van der Waals surface area contributed by atoms with Crippen molar-refractivity contribution in [2.24, 2.45) is 0 Å². The Kier molecular flexibility index (Phi) is 3.16. The molecule has 0 amide bonds. The third-order valence-corrected chi connectivity index (χ3v) is 4.54. The van der Waals surface area contributed by atoms with Gasteiger partial charge in [0.25, 0.3) is 0 Å². The number of fused-ring (bicyclic) bond motifs is 2. The van der Waals surface area contributed by atoms with Gasteiger partial charge in [-0.05, 0) is 24.3 Å². The fourth-order valence-corrected chi connectivity index (χ4v) is 3.49. The molecule has 0 saturated carbocycles. The van der Waals surface area contributed by atoms with Crippen molar-refractivity contribution in [3.8, 4) is 22.6 Å². The predicted molar refractivity (Wildman–Crippen MR) is 90.2 cm³/mol. The Labute approximate surface area is 141 Å². The smallest absolute Gasteiger partial charge is 0.396 e. The van der Waals surface area contributed by atoms with E-state index >= 15 is 0 Å². The molecule has 0 aliphatic heterocycles. The lowest BCUT2D eigenvalue weighted by atomic mass is 10.00. The number of halogens is 1. The highest BCUT2D eigenvalue weighted by Gasteiger charge is 2.21. The van der Waals surface area contributed by atoms with Crippen LogP contribution in [-0.4, -0.2) is 10.2 Å². The first-order valence-corrected chi connectivity index (χ1v) is 7.86. The van der Waals surface area contributed by atoms with Crippen molar-refractivity contribution in [2.75, 3.05) is 0 Å². The summed E-state index contributed by atoms with van der Waals surface area (Å²) in [7, 11) is 0. The van der Waals surface area contributed by atoms with Gasteiger partial charge >= 0.3 is 10.6 Å². The molecule has 4 aromatic rings. The molecule has 4 rings (SSSR count). The Balaban J connectivity index is 2.25. The summed E-state index contributed by atoms with van der Waals surface area (Å²) in [4.78, 5) is 22.9. The molecule has 0 unspecified atom stereocenters. The summed E-state index contributed by atoms with van der Waals surface area (Å²) in [5, 5.41) is 20.9. The highest BCUT2D eigenvalue weighted by atomic mass is 35.5. The van der Waals surface area contributed by atoms with Crippen molar-refractivity contribution in [3.05, 3.63) is 55.5 Å². The molecular weight excluding hydrogens is 356 g/mol. The van der Waals surface area contributed by atoms with Gasteiger partial charge in [0.15, 0.2) is 5.58 Å². The summed E-state index contributed by atoms with van der Waals surface area (Å²) in [6.45, 7) is 0. The van der Waals surface area contributed by atoms with Crippen LogP contribution in [0.5, 0.6) is 11.5 Å². The summed E-state index contributed by atoms with van der Waals surface area (Å²) >= 11 is 6.80. The molecule has 2 aromatic heterocycles. The fraction of sp³-hybridized carbons (Fsp3) is 0. The van der Waals surface area contributed by atoms with Crippen LogP contribution in [0.15, 0.2) is 48.8 Å². The normalized spacial score (nSPS) is 11.4. The maximum Gasteiger partial charge on any atom is 0.396 e. The number of aromatic hydroxyl groups is 2. The lowest BCUT2D eigenvalue weighted by Gasteiger charge is -2.09. The van der Waals surface area contributed by atoms with Crippen molar-refractivity contribution in [1.29, 1.82) is 0 Å². The number of benzene rings is 2. The maximum absolute atomic E-state index is 11.9. The van der Waals surface area contributed by atoms with Gasteiger partial charge in [0.2, 0.25) is 5.75 Å². The largest absolute Gasteiger partial charge is 0.508 e. The van der Waals surface area contributed by atoms with E-state index in [2.05, 4.69) is 0 Å². The molecule has 8 heteroatoms. The van der Waals surface area contributed by atoms with Crippen molar-refractivity contribution in [1.82, 2.24) is 0 Å². The molecule has 0 fully saturated rings.